The molecule has 0 aliphatic rings. The van der Waals surface area contributed by atoms with Gasteiger partial charge in [0.2, 0.25) is 0 Å². The molecule has 2 aromatic carbocycles. The summed E-state index contributed by atoms with van der Waals surface area (Å²) in [6, 6.07) is 7.55. The molecule has 5 heteroatoms. The van der Waals surface area contributed by atoms with E-state index in [0.29, 0.717) is 32.6 Å². The van der Waals surface area contributed by atoms with Crippen LogP contribution in [0.2, 0.25) is 10.0 Å². The molecule has 0 bridgehead atoms. The molecule has 2 nitrogen and oxygen atoms in total. The zero-order valence-corrected chi connectivity index (χ0v) is 11.0. The summed E-state index contributed by atoms with van der Waals surface area (Å²) in [6.07, 6.45) is 0. The van der Waals surface area contributed by atoms with E-state index in [0.717, 1.165) is 0 Å². The first kappa shape index (κ1) is 13.0. The molecule has 2 N–H and O–H groups in total. The van der Waals surface area contributed by atoms with Crippen LogP contribution in [-0.2, 0) is 0 Å². The van der Waals surface area contributed by atoms with Crippen molar-refractivity contribution in [3.63, 3.8) is 0 Å². The summed E-state index contributed by atoms with van der Waals surface area (Å²) in [4.78, 5) is 0. The third-order valence-electron chi connectivity index (χ3n) is 2.51. The normalized spacial score (nSPS) is 10.4. The highest BCUT2D eigenvalue weighted by molar-refractivity contribution is 6.39. The van der Waals surface area contributed by atoms with E-state index in [1.54, 1.807) is 12.1 Å². The minimum absolute atomic E-state index is 0.309. The molecule has 0 aliphatic carbocycles. The SMILES string of the molecule is COc1ccc(-c2c(Cl)cc(N)cc2Cl)c(F)c1. The van der Waals surface area contributed by atoms with Crippen molar-refractivity contribution >= 4 is 28.9 Å². The smallest absolute Gasteiger partial charge is 0.134 e. The maximum atomic E-state index is 14.0. The lowest BCUT2D eigenvalue weighted by atomic mass is 10.0. The van der Waals surface area contributed by atoms with E-state index in [1.165, 1.54) is 25.3 Å². The topological polar surface area (TPSA) is 35.2 Å². The molecule has 2 rings (SSSR count). The van der Waals surface area contributed by atoms with Crippen LogP contribution in [0.15, 0.2) is 30.3 Å². The Morgan fingerprint density at radius 2 is 1.72 bits per heavy atom. The zero-order valence-electron chi connectivity index (χ0n) is 9.51. The molecule has 0 heterocycles. The third kappa shape index (κ3) is 2.37. The summed E-state index contributed by atoms with van der Waals surface area (Å²) in [5.74, 6) is -0.0261. The fourth-order valence-electron chi connectivity index (χ4n) is 1.68. The summed E-state index contributed by atoms with van der Waals surface area (Å²) >= 11 is 12.1. The number of rotatable bonds is 2. The summed E-state index contributed by atoms with van der Waals surface area (Å²) in [6.45, 7) is 0. The minimum atomic E-state index is -0.456. The van der Waals surface area contributed by atoms with Gasteiger partial charge in [0, 0.05) is 22.9 Å². The van der Waals surface area contributed by atoms with Gasteiger partial charge in [0.15, 0.2) is 0 Å². The van der Waals surface area contributed by atoms with Crippen LogP contribution in [0.1, 0.15) is 0 Å². The summed E-state index contributed by atoms with van der Waals surface area (Å²) in [7, 11) is 1.47. The number of hydrogen-bond donors (Lipinski definition) is 1. The zero-order chi connectivity index (χ0) is 13.3. The van der Waals surface area contributed by atoms with Crippen molar-refractivity contribution in [3.05, 3.63) is 46.2 Å². The van der Waals surface area contributed by atoms with E-state index >= 15 is 0 Å². The molecule has 0 amide bonds. The maximum absolute atomic E-state index is 14.0. The Morgan fingerprint density at radius 1 is 1.11 bits per heavy atom. The maximum Gasteiger partial charge on any atom is 0.134 e. The molecule has 0 fully saturated rings. The fourth-order valence-corrected chi connectivity index (χ4v) is 2.38. The minimum Gasteiger partial charge on any atom is -0.497 e. The van der Waals surface area contributed by atoms with Gasteiger partial charge in [0.05, 0.1) is 17.2 Å². The summed E-state index contributed by atoms with van der Waals surface area (Å²) in [5, 5.41) is 0.619. The lowest BCUT2D eigenvalue weighted by Crippen LogP contribution is -1.92. The van der Waals surface area contributed by atoms with E-state index in [1.807, 2.05) is 0 Å². The molecule has 18 heavy (non-hydrogen) atoms. The summed E-state index contributed by atoms with van der Waals surface area (Å²) in [5.41, 5.74) is 6.78. The monoisotopic (exact) mass is 285 g/mol. The predicted molar refractivity (Wildman–Crippen MR) is 72.8 cm³/mol. The number of nitrogens with two attached hydrogens (primary N) is 1. The van der Waals surface area contributed by atoms with Crippen molar-refractivity contribution in [2.24, 2.45) is 0 Å². The Bertz CT molecular complexity index is 579. The van der Waals surface area contributed by atoms with Crippen LogP contribution in [0.25, 0.3) is 11.1 Å². The molecular formula is C13H10Cl2FNO. The molecule has 0 aliphatic heterocycles. The standard InChI is InChI=1S/C13H10Cl2FNO/c1-18-8-2-3-9(12(16)6-8)13-10(14)4-7(17)5-11(13)15/h2-6H,17H2,1H3. The van der Waals surface area contributed by atoms with E-state index in [-0.39, 0.29) is 0 Å². The van der Waals surface area contributed by atoms with Crippen LogP contribution in [0.3, 0.4) is 0 Å². The largest absolute Gasteiger partial charge is 0.497 e. The second-order valence-corrected chi connectivity index (χ2v) is 4.52. The van der Waals surface area contributed by atoms with Crippen molar-refractivity contribution < 1.29 is 9.13 Å². The quantitative estimate of drug-likeness (QED) is 0.831. The predicted octanol–water partition coefficient (Wildman–Crippen LogP) is 4.39. The molecule has 0 saturated heterocycles. The number of hydrogen-bond acceptors (Lipinski definition) is 2. The second kappa shape index (κ2) is 5.04. The summed E-state index contributed by atoms with van der Waals surface area (Å²) < 4.78 is 18.9. The van der Waals surface area contributed by atoms with Crippen molar-refractivity contribution in [2.45, 2.75) is 0 Å². The Kier molecular flexibility index (Phi) is 3.64. The lowest BCUT2D eigenvalue weighted by molar-refractivity contribution is 0.411. The van der Waals surface area contributed by atoms with Gasteiger partial charge in [-0.1, -0.05) is 23.2 Å². The molecule has 0 spiro atoms. The highest BCUT2D eigenvalue weighted by Gasteiger charge is 2.14. The number of ether oxygens (including phenoxy) is 1. The molecule has 0 saturated carbocycles. The number of benzene rings is 2. The van der Waals surface area contributed by atoms with Gasteiger partial charge >= 0.3 is 0 Å². The first-order chi connectivity index (χ1) is 8.52. The van der Waals surface area contributed by atoms with Gasteiger partial charge in [-0.05, 0) is 24.3 Å². The van der Waals surface area contributed by atoms with Crippen molar-refractivity contribution in [2.75, 3.05) is 12.8 Å². The Hall–Kier alpha value is -1.45. The van der Waals surface area contributed by atoms with Crippen molar-refractivity contribution in [3.8, 4) is 16.9 Å². The Balaban J connectivity index is 2.62. The molecule has 0 radical (unpaired) electrons. The fraction of sp³-hybridized carbons (Fsp3) is 0.0769. The molecular weight excluding hydrogens is 276 g/mol. The average molecular weight is 286 g/mol. The van der Waals surface area contributed by atoms with Crippen LogP contribution >= 0.6 is 23.2 Å². The van der Waals surface area contributed by atoms with Gasteiger partial charge in [-0.3, -0.25) is 0 Å². The van der Waals surface area contributed by atoms with Crippen LogP contribution in [0.5, 0.6) is 5.75 Å². The number of nitrogen functional groups attached to an aromatic ring is 1. The van der Waals surface area contributed by atoms with E-state index < -0.39 is 5.82 Å². The third-order valence-corrected chi connectivity index (χ3v) is 3.11. The van der Waals surface area contributed by atoms with Crippen molar-refractivity contribution in [1.29, 1.82) is 0 Å². The lowest BCUT2D eigenvalue weighted by Gasteiger charge is -2.10. The highest BCUT2D eigenvalue weighted by atomic mass is 35.5. The highest BCUT2D eigenvalue weighted by Crippen LogP contribution is 2.38. The second-order valence-electron chi connectivity index (χ2n) is 3.71. The van der Waals surface area contributed by atoms with Crippen LogP contribution < -0.4 is 10.5 Å². The van der Waals surface area contributed by atoms with E-state index in [4.69, 9.17) is 33.7 Å². The molecule has 0 aromatic heterocycles. The number of anilines is 1. The molecule has 2 aromatic rings. The van der Waals surface area contributed by atoms with Gasteiger partial charge in [-0.25, -0.2) is 4.39 Å². The van der Waals surface area contributed by atoms with Crippen molar-refractivity contribution in [1.82, 2.24) is 0 Å². The number of halogens is 3. The Morgan fingerprint density at radius 3 is 2.22 bits per heavy atom. The van der Waals surface area contributed by atoms with Gasteiger partial charge in [-0.2, -0.15) is 0 Å². The van der Waals surface area contributed by atoms with E-state index in [9.17, 15) is 4.39 Å². The van der Waals surface area contributed by atoms with Gasteiger partial charge in [-0.15, -0.1) is 0 Å². The number of methoxy groups -OCH3 is 1. The molecule has 94 valence electrons. The molecule has 0 atom stereocenters. The van der Waals surface area contributed by atoms with Crippen LogP contribution in [-0.4, -0.2) is 7.11 Å². The van der Waals surface area contributed by atoms with Gasteiger partial charge in [0.25, 0.3) is 0 Å². The average Bonchev–Trinajstić information content (AvgIpc) is 2.29. The Labute approximate surface area is 114 Å². The van der Waals surface area contributed by atoms with Gasteiger partial charge < -0.3 is 10.5 Å². The van der Waals surface area contributed by atoms with Crippen LogP contribution in [0.4, 0.5) is 10.1 Å². The van der Waals surface area contributed by atoms with Gasteiger partial charge in [0.1, 0.15) is 11.6 Å². The molecule has 0 unspecified atom stereocenters. The van der Waals surface area contributed by atoms with Crippen LogP contribution in [0, 0.1) is 5.82 Å². The van der Waals surface area contributed by atoms with E-state index in [2.05, 4.69) is 0 Å². The first-order valence-electron chi connectivity index (χ1n) is 5.11. The first-order valence-corrected chi connectivity index (χ1v) is 5.87.